The molecule has 104 valence electrons. The van der Waals surface area contributed by atoms with E-state index in [1.165, 1.54) is 12.1 Å². The molecule has 0 aliphatic heterocycles. The van der Waals surface area contributed by atoms with Crippen molar-refractivity contribution in [2.24, 2.45) is 5.92 Å². The van der Waals surface area contributed by atoms with Crippen LogP contribution in [-0.4, -0.2) is 28.6 Å². The Morgan fingerprint density at radius 3 is 2.53 bits per heavy atom. The van der Waals surface area contributed by atoms with E-state index in [-0.39, 0.29) is 11.7 Å². The quantitative estimate of drug-likeness (QED) is 0.631. The van der Waals surface area contributed by atoms with Crippen LogP contribution in [0.1, 0.15) is 20.8 Å². The van der Waals surface area contributed by atoms with Gasteiger partial charge in [-0.05, 0) is 19.9 Å². The van der Waals surface area contributed by atoms with Crippen molar-refractivity contribution in [1.82, 2.24) is 0 Å². The second-order valence-electron chi connectivity index (χ2n) is 4.76. The number of aliphatic carboxylic acids is 1. The van der Waals surface area contributed by atoms with Crippen molar-refractivity contribution in [2.75, 3.05) is 11.4 Å². The van der Waals surface area contributed by atoms with E-state index in [0.717, 1.165) is 0 Å². The zero-order valence-electron chi connectivity index (χ0n) is 11.2. The zero-order chi connectivity index (χ0) is 14.6. The van der Waals surface area contributed by atoms with Crippen molar-refractivity contribution in [3.8, 4) is 0 Å². The average Bonchev–Trinajstić information content (AvgIpc) is 2.35. The molecule has 6 heteroatoms. The summed E-state index contributed by atoms with van der Waals surface area (Å²) in [7, 11) is 0. The molecule has 0 saturated heterocycles. The van der Waals surface area contributed by atoms with Crippen LogP contribution in [-0.2, 0) is 4.79 Å². The molecule has 1 unspecified atom stereocenters. The second-order valence-corrected chi connectivity index (χ2v) is 4.76. The number of anilines is 1. The van der Waals surface area contributed by atoms with Crippen LogP contribution in [0.4, 0.5) is 11.4 Å². The summed E-state index contributed by atoms with van der Waals surface area (Å²) in [4.78, 5) is 23.1. The maximum Gasteiger partial charge on any atom is 0.308 e. The largest absolute Gasteiger partial charge is 0.481 e. The van der Waals surface area contributed by atoms with Gasteiger partial charge in [0.2, 0.25) is 0 Å². The first-order valence-corrected chi connectivity index (χ1v) is 6.06. The highest BCUT2D eigenvalue weighted by Gasteiger charge is 2.20. The van der Waals surface area contributed by atoms with Crippen molar-refractivity contribution in [3.63, 3.8) is 0 Å². The van der Waals surface area contributed by atoms with Gasteiger partial charge in [0.25, 0.3) is 5.69 Å². The topological polar surface area (TPSA) is 83.7 Å². The number of non-ortho nitro benzene ring substituents is 1. The van der Waals surface area contributed by atoms with Crippen molar-refractivity contribution < 1.29 is 14.8 Å². The number of nitro benzene ring substituents is 1. The fraction of sp³-hybridized carbons (Fsp3) is 0.462. The molecular weight excluding hydrogens is 248 g/mol. The van der Waals surface area contributed by atoms with Crippen LogP contribution in [0.25, 0.3) is 0 Å². The highest BCUT2D eigenvalue weighted by atomic mass is 16.6. The number of carboxylic acids is 1. The van der Waals surface area contributed by atoms with Gasteiger partial charge in [-0.25, -0.2) is 0 Å². The molecule has 0 heterocycles. The van der Waals surface area contributed by atoms with E-state index in [0.29, 0.717) is 12.2 Å². The number of carboxylic acid groups (broad SMARTS) is 1. The third-order valence-electron chi connectivity index (χ3n) is 2.89. The van der Waals surface area contributed by atoms with Crippen LogP contribution in [0.2, 0.25) is 0 Å². The van der Waals surface area contributed by atoms with Gasteiger partial charge in [0.05, 0.1) is 10.8 Å². The van der Waals surface area contributed by atoms with Gasteiger partial charge < -0.3 is 10.0 Å². The van der Waals surface area contributed by atoms with Crippen LogP contribution in [0, 0.1) is 16.0 Å². The summed E-state index contributed by atoms with van der Waals surface area (Å²) in [5.74, 6) is -1.42. The van der Waals surface area contributed by atoms with Gasteiger partial charge in [-0.15, -0.1) is 0 Å². The normalized spacial score (nSPS) is 12.2. The molecule has 0 aliphatic rings. The molecule has 0 radical (unpaired) electrons. The summed E-state index contributed by atoms with van der Waals surface area (Å²) in [5.41, 5.74) is 0.670. The second kappa shape index (κ2) is 6.17. The fourth-order valence-electron chi connectivity index (χ4n) is 1.77. The Balaban J connectivity index is 3.02. The first kappa shape index (κ1) is 14.9. The average molecular weight is 266 g/mol. The molecule has 0 amide bonds. The van der Waals surface area contributed by atoms with E-state index < -0.39 is 16.8 Å². The predicted octanol–water partition coefficient (Wildman–Crippen LogP) is 2.53. The highest BCUT2D eigenvalue weighted by Crippen LogP contribution is 2.23. The fourth-order valence-corrected chi connectivity index (χ4v) is 1.77. The molecule has 19 heavy (non-hydrogen) atoms. The molecule has 1 atom stereocenters. The molecule has 1 rings (SSSR count). The summed E-state index contributed by atoms with van der Waals surface area (Å²) in [6.45, 7) is 5.78. The summed E-state index contributed by atoms with van der Waals surface area (Å²) < 4.78 is 0. The van der Waals surface area contributed by atoms with E-state index in [1.54, 1.807) is 19.1 Å². The third-order valence-corrected chi connectivity index (χ3v) is 2.89. The lowest BCUT2D eigenvalue weighted by molar-refractivity contribution is -0.384. The van der Waals surface area contributed by atoms with E-state index in [4.69, 9.17) is 5.11 Å². The number of hydrogen-bond acceptors (Lipinski definition) is 4. The number of nitro groups is 1. The van der Waals surface area contributed by atoms with Crippen LogP contribution >= 0.6 is 0 Å². The van der Waals surface area contributed by atoms with Gasteiger partial charge in [-0.2, -0.15) is 0 Å². The SMILES string of the molecule is CC(CN(c1cccc([N+](=O)[O-])c1)C(C)C)C(=O)O. The van der Waals surface area contributed by atoms with Gasteiger partial charge in [0.15, 0.2) is 0 Å². The number of nitrogens with zero attached hydrogens (tertiary/aromatic N) is 2. The van der Waals surface area contributed by atoms with Crippen molar-refractivity contribution in [2.45, 2.75) is 26.8 Å². The maximum atomic E-state index is 10.9. The first-order valence-electron chi connectivity index (χ1n) is 6.06. The molecule has 1 aromatic carbocycles. The zero-order valence-corrected chi connectivity index (χ0v) is 11.2. The summed E-state index contributed by atoms with van der Waals surface area (Å²) in [5, 5.41) is 19.7. The number of rotatable bonds is 6. The van der Waals surface area contributed by atoms with Gasteiger partial charge >= 0.3 is 5.97 Å². The molecular formula is C13H18N2O4. The van der Waals surface area contributed by atoms with Gasteiger partial charge in [0.1, 0.15) is 0 Å². The van der Waals surface area contributed by atoms with E-state index >= 15 is 0 Å². The third kappa shape index (κ3) is 3.94. The van der Waals surface area contributed by atoms with Crippen LogP contribution < -0.4 is 4.90 Å². The molecule has 1 N–H and O–H groups in total. The van der Waals surface area contributed by atoms with Crippen molar-refractivity contribution >= 4 is 17.3 Å². The number of carbonyl (C=O) groups is 1. The van der Waals surface area contributed by atoms with Gasteiger partial charge in [-0.3, -0.25) is 14.9 Å². The monoisotopic (exact) mass is 266 g/mol. The molecule has 0 fully saturated rings. The van der Waals surface area contributed by atoms with E-state index in [1.807, 2.05) is 18.7 Å². The Hall–Kier alpha value is -2.11. The molecule has 0 aliphatic carbocycles. The van der Waals surface area contributed by atoms with Gasteiger partial charge in [-0.1, -0.05) is 13.0 Å². The standard InChI is InChI=1S/C13H18N2O4/c1-9(2)14(8-10(3)13(16)17)11-5-4-6-12(7-11)15(18)19/h4-7,9-10H,8H2,1-3H3,(H,16,17). The molecule has 6 nitrogen and oxygen atoms in total. The summed E-state index contributed by atoms with van der Waals surface area (Å²) in [6, 6.07) is 6.30. The molecule has 0 saturated carbocycles. The van der Waals surface area contributed by atoms with E-state index in [9.17, 15) is 14.9 Å². The van der Waals surface area contributed by atoms with Crippen LogP contribution in [0.15, 0.2) is 24.3 Å². The van der Waals surface area contributed by atoms with E-state index in [2.05, 4.69) is 0 Å². The minimum absolute atomic E-state index is 0.00567. The minimum Gasteiger partial charge on any atom is -0.481 e. The lowest BCUT2D eigenvalue weighted by Crippen LogP contribution is -2.37. The lowest BCUT2D eigenvalue weighted by Gasteiger charge is -2.30. The minimum atomic E-state index is -0.879. The van der Waals surface area contributed by atoms with Gasteiger partial charge in [0, 0.05) is 30.4 Å². The highest BCUT2D eigenvalue weighted by molar-refractivity contribution is 5.70. The molecule has 1 aromatic rings. The smallest absolute Gasteiger partial charge is 0.308 e. The summed E-state index contributed by atoms with van der Waals surface area (Å²) in [6.07, 6.45) is 0. The maximum absolute atomic E-state index is 10.9. The van der Waals surface area contributed by atoms with Crippen LogP contribution in [0.5, 0.6) is 0 Å². The number of hydrogen-bond donors (Lipinski definition) is 1. The molecule has 0 aromatic heterocycles. The first-order chi connectivity index (χ1) is 8.82. The lowest BCUT2D eigenvalue weighted by atomic mass is 10.1. The predicted molar refractivity (Wildman–Crippen MR) is 72.4 cm³/mol. The summed E-state index contributed by atoms with van der Waals surface area (Å²) >= 11 is 0. The Morgan fingerprint density at radius 2 is 2.05 bits per heavy atom. The number of benzene rings is 1. The Kier molecular flexibility index (Phi) is 4.86. The Labute approximate surface area is 111 Å². The Morgan fingerprint density at radius 1 is 1.42 bits per heavy atom. The molecule has 0 spiro atoms. The Bertz CT molecular complexity index is 473. The van der Waals surface area contributed by atoms with Crippen LogP contribution in [0.3, 0.4) is 0 Å². The molecule has 0 bridgehead atoms. The van der Waals surface area contributed by atoms with Crippen molar-refractivity contribution in [1.29, 1.82) is 0 Å². The van der Waals surface area contributed by atoms with Crippen molar-refractivity contribution in [3.05, 3.63) is 34.4 Å².